The smallest absolute Gasteiger partial charge is 0.216 e. The van der Waals surface area contributed by atoms with Crippen molar-refractivity contribution in [1.82, 2.24) is 5.32 Å². The topological polar surface area (TPSA) is 38.3 Å². The fourth-order valence-corrected chi connectivity index (χ4v) is 2.15. The van der Waals surface area contributed by atoms with Crippen LogP contribution in [0.15, 0.2) is 0 Å². The molecule has 0 unspecified atom stereocenters. The van der Waals surface area contributed by atoms with E-state index in [1.165, 1.54) is 32.1 Å². The molecule has 0 heterocycles. The van der Waals surface area contributed by atoms with E-state index in [9.17, 15) is 4.79 Å². The van der Waals surface area contributed by atoms with Gasteiger partial charge in [-0.15, -0.1) is 0 Å². The van der Waals surface area contributed by atoms with Gasteiger partial charge in [0, 0.05) is 20.1 Å². The summed E-state index contributed by atoms with van der Waals surface area (Å²) in [6.07, 6.45) is 10.4. The number of carbonyl (C=O) groups is 1. The van der Waals surface area contributed by atoms with Crippen LogP contribution >= 0.6 is 0 Å². The molecule has 0 aromatic carbocycles. The van der Waals surface area contributed by atoms with E-state index in [1.54, 1.807) is 6.92 Å². The van der Waals surface area contributed by atoms with Gasteiger partial charge in [0.1, 0.15) is 0 Å². The molecule has 1 aliphatic rings. The van der Waals surface area contributed by atoms with Gasteiger partial charge in [-0.2, -0.15) is 0 Å². The van der Waals surface area contributed by atoms with Crippen molar-refractivity contribution in [3.63, 3.8) is 0 Å². The highest BCUT2D eigenvalue weighted by Crippen LogP contribution is 2.20. The highest BCUT2D eigenvalue weighted by molar-refractivity contribution is 5.72. The summed E-state index contributed by atoms with van der Waals surface area (Å²) in [4.78, 5) is 10.6. The summed E-state index contributed by atoms with van der Waals surface area (Å²) in [6, 6.07) is 0. The van der Waals surface area contributed by atoms with Gasteiger partial charge in [0.15, 0.2) is 0 Å². The van der Waals surface area contributed by atoms with Crippen molar-refractivity contribution < 1.29 is 9.53 Å². The molecule has 1 aliphatic carbocycles. The predicted molar refractivity (Wildman–Crippen MR) is 65.4 cm³/mol. The molecule has 0 bridgehead atoms. The molecule has 0 saturated heterocycles. The Bertz CT molecular complexity index is 188. The lowest BCUT2D eigenvalue weighted by molar-refractivity contribution is -0.118. The first kappa shape index (κ1) is 13.5. The summed E-state index contributed by atoms with van der Waals surface area (Å²) < 4.78 is 5.82. The first-order valence-corrected chi connectivity index (χ1v) is 6.65. The van der Waals surface area contributed by atoms with Crippen LogP contribution in [0.1, 0.15) is 58.3 Å². The van der Waals surface area contributed by atoms with Crippen LogP contribution in [-0.2, 0) is 9.53 Å². The van der Waals surface area contributed by atoms with Gasteiger partial charge in [-0.3, -0.25) is 4.79 Å². The normalized spacial score (nSPS) is 17.3. The number of unbranched alkanes of at least 4 members (excludes halogenated alkanes) is 2. The summed E-state index contributed by atoms with van der Waals surface area (Å²) in [5, 5.41) is 2.81. The van der Waals surface area contributed by atoms with Crippen molar-refractivity contribution in [3.8, 4) is 0 Å². The zero-order valence-corrected chi connectivity index (χ0v) is 10.5. The van der Waals surface area contributed by atoms with Crippen LogP contribution in [0.5, 0.6) is 0 Å². The first-order valence-electron chi connectivity index (χ1n) is 6.65. The van der Waals surface area contributed by atoms with Crippen molar-refractivity contribution in [3.05, 3.63) is 0 Å². The molecule has 0 aliphatic heterocycles. The van der Waals surface area contributed by atoms with Gasteiger partial charge in [0.2, 0.25) is 5.91 Å². The van der Waals surface area contributed by atoms with E-state index in [-0.39, 0.29) is 5.91 Å². The second-order valence-corrected chi connectivity index (χ2v) is 4.67. The number of hydrogen-bond acceptors (Lipinski definition) is 2. The molecule has 1 N–H and O–H groups in total. The van der Waals surface area contributed by atoms with E-state index in [4.69, 9.17) is 4.74 Å². The maximum atomic E-state index is 10.6. The van der Waals surface area contributed by atoms with Crippen molar-refractivity contribution in [1.29, 1.82) is 0 Å². The van der Waals surface area contributed by atoms with Crippen LogP contribution in [0.4, 0.5) is 0 Å². The van der Waals surface area contributed by atoms with Gasteiger partial charge >= 0.3 is 0 Å². The van der Waals surface area contributed by atoms with Gasteiger partial charge < -0.3 is 10.1 Å². The Kier molecular flexibility index (Phi) is 7.23. The van der Waals surface area contributed by atoms with Crippen molar-refractivity contribution in [2.75, 3.05) is 13.2 Å². The van der Waals surface area contributed by atoms with Crippen molar-refractivity contribution >= 4 is 5.91 Å². The van der Waals surface area contributed by atoms with E-state index in [0.29, 0.717) is 6.10 Å². The molecule has 1 amide bonds. The lowest BCUT2D eigenvalue weighted by Gasteiger charge is -2.21. The maximum Gasteiger partial charge on any atom is 0.216 e. The zero-order valence-electron chi connectivity index (χ0n) is 10.5. The van der Waals surface area contributed by atoms with Gasteiger partial charge in [0.25, 0.3) is 0 Å². The second-order valence-electron chi connectivity index (χ2n) is 4.67. The Morgan fingerprint density at radius 2 is 1.94 bits per heavy atom. The molecular formula is C13H25NO2. The monoisotopic (exact) mass is 227 g/mol. The maximum absolute atomic E-state index is 10.6. The highest BCUT2D eigenvalue weighted by atomic mass is 16.5. The number of carbonyl (C=O) groups excluding carboxylic acids is 1. The quantitative estimate of drug-likeness (QED) is 0.679. The molecule has 3 heteroatoms. The van der Waals surface area contributed by atoms with Gasteiger partial charge in [-0.05, 0) is 32.1 Å². The Balaban J connectivity index is 1.82. The summed E-state index contributed by atoms with van der Waals surface area (Å²) in [7, 11) is 0. The third-order valence-corrected chi connectivity index (χ3v) is 3.10. The SMILES string of the molecule is CC(=O)NCCCCCOC1CCCCC1. The van der Waals surface area contributed by atoms with Crippen LogP contribution in [0, 0.1) is 0 Å². The third kappa shape index (κ3) is 6.83. The van der Waals surface area contributed by atoms with E-state index in [2.05, 4.69) is 5.32 Å². The molecule has 0 aromatic rings. The lowest BCUT2D eigenvalue weighted by atomic mass is 9.98. The summed E-state index contributed by atoms with van der Waals surface area (Å²) in [5.41, 5.74) is 0. The number of amides is 1. The van der Waals surface area contributed by atoms with Crippen LogP contribution in [0.3, 0.4) is 0 Å². The first-order chi connectivity index (χ1) is 7.79. The van der Waals surface area contributed by atoms with Crippen LogP contribution in [0.25, 0.3) is 0 Å². The molecule has 1 rings (SSSR count). The minimum Gasteiger partial charge on any atom is -0.378 e. The molecule has 3 nitrogen and oxygen atoms in total. The highest BCUT2D eigenvalue weighted by Gasteiger charge is 2.12. The van der Waals surface area contributed by atoms with E-state index in [0.717, 1.165) is 32.4 Å². The molecular weight excluding hydrogens is 202 g/mol. The predicted octanol–water partition coefficient (Wildman–Crippen LogP) is 2.64. The standard InChI is InChI=1S/C13H25NO2/c1-12(15)14-10-6-3-7-11-16-13-8-4-2-5-9-13/h13H,2-11H2,1H3,(H,14,15). The molecule has 1 saturated carbocycles. The molecule has 0 radical (unpaired) electrons. The minimum atomic E-state index is 0.0680. The van der Waals surface area contributed by atoms with Gasteiger partial charge in [-0.25, -0.2) is 0 Å². The minimum absolute atomic E-state index is 0.0680. The number of hydrogen-bond donors (Lipinski definition) is 1. The van der Waals surface area contributed by atoms with Crippen molar-refractivity contribution in [2.45, 2.75) is 64.4 Å². The summed E-state index contributed by atoms with van der Waals surface area (Å²) >= 11 is 0. The Hall–Kier alpha value is -0.570. The average Bonchev–Trinajstić information content (AvgIpc) is 2.29. The Labute approximate surface area is 98.9 Å². The van der Waals surface area contributed by atoms with E-state index in [1.807, 2.05) is 0 Å². The van der Waals surface area contributed by atoms with Gasteiger partial charge in [0.05, 0.1) is 6.10 Å². The Morgan fingerprint density at radius 3 is 2.62 bits per heavy atom. The molecule has 16 heavy (non-hydrogen) atoms. The molecule has 0 atom stereocenters. The molecule has 0 aromatic heterocycles. The number of ether oxygens (including phenoxy) is 1. The van der Waals surface area contributed by atoms with Crippen LogP contribution in [0.2, 0.25) is 0 Å². The summed E-state index contributed by atoms with van der Waals surface area (Å²) in [5.74, 6) is 0.0680. The van der Waals surface area contributed by atoms with E-state index >= 15 is 0 Å². The summed E-state index contributed by atoms with van der Waals surface area (Å²) in [6.45, 7) is 3.26. The van der Waals surface area contributed by atoms with Crippen molar-refractivity contribution in [2.24, 2.45) is 0 Å². The number of rotatable bonds is 7. The fourth-order valence-electron chi connectivity index (χ4n) is 2.15. The molecule has 0 spiro atoms. The molecule has 94 valence electrons. The van der Waals surface area contributed by atoms with Crippen LogP contribution in [-0.4, -0.2) is 25.2 Å². The van der Waals surface area contributed by atoms with Gasteiger partial charge in [-0.1, -0.05) is 19.3 Å². The average molecular weight is 227 g/mol. The second kappa shape index (κ2) is 8.57. The molecule has 1 fully saturated rings. The lowest BCUT2D eigenvalue weighted by Crippen LogP contribution is -2.21. The number of nitrogens with one attached hydrogen (secondary N) is 1. The largest absolute Gasteiger partial charge is 0.378 e. The zero-order chi connectivity index (χ0) is 11.6. The third-order valence-electron chi connectivity index (χ3n) is 3.10. The van der Waals surface area contributed by atoms with E-state index < -0.39 is 0 Å². The van der Waals surface area contributed by atoms with Crippen LogP contribution < -0.4 is 5.32 Å². The Morgan fingerprint density at radius 1 is 1.19 bits per heavy atom. The fraction of sp³-hybridized carbons (Fsp3) is 0.923.